The van der Waals surface area contributed by atoms with Gasteiger partial charge in [-0.1, -0.05) is 18.6 Å². The molecule has 1 saturated heterocycles. The number of hydrogen-bond acceptors (Lipinski definition) is 2. The van der Waals surface area contributed by atoms with Crippen molar-refractivity contribution in [2.75, 3.05) is 6.54 Å². The third-order valence-electron chi connectivity index (χ3n) is 3.37. The van der Waals surface area contributed by atoms with Crippen LogP contribution in [0.1, 0.15) is 31.1 Å². The summed E-state index contributed by atoms with van der Waals surface area (Å²) in [4.78, 5) is 7.69. The molecule has 0 aliphatic carbocycles. The van der Waals surface area contributed by atoms with Crippen LogP contribution in [0.4, 0.5) is 4.39 Å². The molecule has 4 heteroatoms. The summed E-state index contributed by atoms with van der Waals surface area (Å²) in [5, 5.41) is 3.44. The molecule has 1 aromatic carbocycles. The van der Waals surface area contributed by atoms with Crippen LogP contribution in [0.3, 0.4) is 0 Å². The summed E-state index contributed by atoms with van der Waals surface area (Å²) < 4.78 is 13.2. The summed E-state index contributed by atoms with van der Waals surface area (Å²) in [6.45, 7) is 1.04. The van der Waals surface area contributed by atoms with E-state index >= 15 is 0 Å². The number of piperidine rings is 1. The van der Waals surface area contributed by atoms with Gasteiger partial charge in [-0.25, -0.2) is 9.37 Å². The maximum atomic E-state index is 13.2. The van der Waals surface area contributed by atoms with Gasteiger partial charge in [0.1, 0.15) is 11.6 Å². The maximum Gasteiger partial charge on any atom is 0.123 e. The highest BCUT2D eigenvalue weighted by Gasteiger charge is 2.17. The van der Waals surface area contributed by atoms with Crippen LogP contribution in [-0.2, 0) is 0 Å². The number of H-pyrrole nitrogens is 1. The number of aromatic amines is 1. The van der Waals surface area contributed by atoms with Gasteiger partial charge in [0, 0.05) is 5.56 Å². The average molecular weight is 245 g/mol. The molecule has 0 spiro atoms. The number of benzene rings is 1. The Kier molecular flexibility index (Phi) is 3.11. The Morgan fingerprint density at radius 3 is 3.00 bits per heavy atom. The lowest BCUT2D eigenvalue weighted by Crippen LogP contribution is -2.27. The molecule has 3 rings (SSSR count). The molecule has 94 valence electrons. The molecular formula is C14H16FN3. The molecule has 2 heterocycles. The number of hydrogen-bond donors (Lipinski definition) is 2. The van der Waals surface area contributed by atoms with Crippen LogP contribution in [0.2, 0.25) is 0 Å². The van der Waals surface area contributed by atoms with Crippen LogP contribution >= 0.6 is 0 Å². The van der Waals surface area contributed by atoms with Gasteiger partial charge in [-0.3, -0.25) is 0 Å². The SMILES string of the molecule is Fc1cccc(-c2cnc([C@H]3CCCCN3)[nH]2)c1. The first-order valence-corrected chi connectivity index (χ1v) is 6.37. The fourth-order valence-electron chi connectivity index (χ4n) is 2.40. The third kappa shape index (κ3) is 2.29. The van der Waals surface area contributed by atoms with E-state index in [2.05, 4.69) is 15.3 Å². The van der Waals surface area contributed by atoms with Gasteiger partial charge in [-0.2, -0.15) is 0 Å². The Bertz CT molecular complexity index is 529. The first-order chi connectivity index (χ1) is 8.83. The predicted octanol–water partition coefficient (Wildman–Crippen LogP) is 3.03. The standard InChI is InChI=1S/C14H16FN3/c15-11-5-3-4-10(8-11)13-9-17-14(18-13)12-6-1-2-7-16-12/h3-5,8-9,12,16H,1-2,6-7H2,(H,17,18)/t12-/m1/s1. The highest BCUT2D eigenvalue weighted by molar-refractivity contribution is 5.58. The predicted molar refractivity (Wildman–Crippen MR) is 68.6 cm³/mol. The van der Waals surface area contributed by atoms with Crippen molar-refractivity contribution in [2.24, 2.45) is 0 Å². The highest BCUT2D eigenvalue weighted by Crippen LogP contribution is 2.24. The number of nitrogens with one attached hydrogen (secondary N) is 2. The van der Waals surface area contributed by atoms with E-state index in [1.165, 1.54) is 25.0 Å². The van der Waals surface area contributed by atoms with Crippen LogP contribution in [0, 0.1) is 5.82 Å². The number of imidazole rings is 1. The molecule has 0 unspecified atom stereocenters. The molecule has 18 heavy (non-hydrogen) atoms. The van der Waals surface area contributed by atoms with E-state index in [4.69, 9.17) is 0 Å². The second-order valence-corrected chi connectivity index (χ2v) is 4.69. The van der Waals surface area contributed by atoms with E-state index in [9.17, 15) is 4.39 Å². The summed E-state index contributed by atoms with van der Waals surface area (Å²) in [6, 6.07) is 6.87. The van der Waals surface area contributed by atoms with Crippen molar-refractivity contribution < 1.29 is 4.39 Å². The minimum absolute atomic E-state index is 0.223. The largest absolute Gasteiger partial charge is 0.341 e. The molecule has 1 aliphatic rings. The number of nitrogens with zero attached hydrogens (tertiary/aromatic N) is 1. The Hall–Kier alpha value is -1.68. The smallest absolute Gasteiger partial charge is 0.123 e. The van der Waals surface area contributed by atoms with Crippen LogP contribution in [0.5, 0.6) is 0 Å². The van der Waals surface area contributed by atoms with E-state index in [-0.39, 0.29) is 5.82 Å². The summed E-state index contributed by atoms with van der Waals surface area (Å²) >= 11 is 0. The molecule has 1 aliphatic heterocycles. The minimum Gasteiger partial charge on any atom is -0.341 e. The fraction of sp³-hybridized carbons (Fsp3) is 0.357. The van der Waals surface area contributed by atoms with Gasteiger partial charge >= 0.3 is 0 Å². The number of halogens is 1. The van der Waals surface area contributed by atoms with Crippen molar-refractivity contribution in [2.45, 2.75) is 25.3 Å². The molecule has 1 aromatic heterocycles. The van der Waals surface area contributed by atoms with E-state index in [1.807, 2.05) is 6.07 Å². The molecule has 0 bridgehead atoms. The van der Waals surface area contributed by atoms with Gasteiger partial charge < -0.3 is 10.3 Å². The Balaban J connectivity index is 1.84. The molecule has 0 amide bonds. The zero-order valence-electron chi connectivity index (χ0n) is 10.1. The highest BCUT2D eigenvalue weighted by atomic mass is 19.1. The number of aromatic nitrogens is 2. The Morgan fingerprint density at radius 2 is 2.22 bits per heavy atom. The van der Waals surface area contributed by atoms with Gasteiger partial charge in [0.2, 0.25) is 0 Å². The second kappa shape index (κ2) is 4.90. The van der Waals surface area contributed by atoms with Crippen LogP contribution in [-0.4, -0.2) is 16.5 Å². The van der Waals surface area contributed by atoms with Crippen LogP contribution in [0.25, 0.3) is 11.3 Å². The van der Waals surface area contributed by atoms with Crippen molar-refractivity contribution in [1.29, 1.82) is 0 Å². The van der Waals surface area contributed by atoms with Gasteiger partial charge in [0.15, 0.2) is 0 Å². The summed E-state index contributed by atoms with van der Waals surface area (Å²) in [7, 11) is 0. The summed E-state index contributed by atoms with van der Waals surface area (Å²) in [6.07, 6.45) is 5.35. The quantitative estimate of drug-likeness (QED) is 0.853. The zero-order valence-corrected chi connectivity index (χ0v) is 10.1. The molecule has 0 saturated carbocycles. The fourth-order valence-corrected chi connectivity index (χ4v) is 2.40. The molecule has 0 radical (unpaired) electrons. The Labute approximate surface area is 105 Å². The topological polar surface area (TPSA) is 40.7 Å². The lowest BCUT2D eigenvalue weighted by atomic mass is 10.0. The first kappa shape index (κ1) is 11.4. The molecule has 2 N–H and O–H groups in total. The summed E-state index contributed by atoms with van der Waals surface area (Å²) in [5.74, 6) is 0.730. The lowest BCUT2D eigenvalue weighted by molar-refractivity contribution is 0.399. The summed E-state index contributed by atoms with van der Waals surface area (Å²) in [5.41, 5.74) is 1.71. The van der Waals surface area contributed by atoms with Gasteiger partial charge in [-0.15, -0.1) is 0 Å². The Morgan fingerprint density at radius 1 is 1.28 bits per heavy atom. The van der Waals surface area contributed by atoms with Crippen molar-refractivity contribution >= 4 is 0 Å². The first-order valence-electron chi connectivity index (χ1n) is 6.37. The van der Waals surface area contributed by atoms with Gasteiger partial charge in [-0.05, 0) is 31.5 Å². The van der Waals surface area contributed by atoms with Crippen LogP contribution < -0.4 is 5.32 Å². The number of rotatable bonds is 2. The van der Waals surface area contributed by atoms with E-state index in [0.29, 0.717) is 6.04 Å². The molecule has 2 aromatic rings. The van der Waals surface area contributed by atoms with Gasteiger partial charge in [0.25, 0.3) is 0 Å². The van der Waals surface area contributed by atoms with Crippen molar-refractivity contribution in [1.82, 2.24) is 15.3 Å². The molecule has 3 nitrogen and oxygen atoms in total. The zero-order chi connectivity index (χ0) is 12.4. The maximum absolute atomic E-state index is 13.2. The minimum atomic E-state index is -0.223. The average Bonchev–Trinajstić information content (AvgIpc) is 2.89. The van der Waals surface area contributed by atoms with Crippen LogP contribution in [0.15, 0.2) is 30.5 Å². The lowest BCUT2D eigenvalue weighted by Gasteiger charge is -2.21. The van der Waals surface area contributed by atoms with Gasteiger partial charge in [0.05, 0.1) is 17.9 Å². The van der Waals surface area contributed by atoms with Crippen molar-refractivity contribution in [3.8, 4) is 11.3 Å². The second-order valence-electron chi connectivity index (χ2n) is 4.69. The molecule has 1 fully saturated rings. The van der Waals surface area contributed by atoms with E-state index in [1.54, 1.807) is 12.3 Å². The molecule has 1 atom stereocenters. The normalized spacial score (nSPS) is 19.9. The van der Waals surface area contributed by atoms with Crippen molar-refractivity contribution in [3.63, 3.8) is 0 Å². The third-order valence-corrected chi connectivity index (χ3v) is 3.37. The van der Waals surface area contributed by atoms with Crippen molar-refractivity contribution in [3.05, 3.63) is 42.1 Å². The van der Waals surface area contributed by atoms with E-state index < -0.39 is 0 Å². The monoisotopic (exact) mass is 245 g/mol. The molecular weight excluding hydrogens is 229 g/mol. The van der Waals surface area contributed by atoms with E-state index in [0.717, 1.165) is 30.0 Å².